The Hall–Kier alpha value is -3.38. The van der Waals surface area contributed by atoms with Crippen LogP contribution < -0.4 is 5.32 Å². The zero-order valence-corrected chi connectivity index (χ0v) is 19.6. The van der Waals surface area contributed by atoms with Crippen LogP contribution in [0.15, 0.2) is 59.2 Å². The number of carbonyl (C=O) groups is 1. The van der Waals surface area contributed by atoms with E-state index in [2.05, 4.69) is 20.1 Å². The normalized spacial score (nSPS) is 15.6. The van der Waals surface area contributed by atoms with Crippen LogP contribution in [0.25, 0.3) is 0 Å². The molecule has 2 aromatic carbocycles. The number of benzene rings is 2. The van der Waals surface area contributed by atoms with E-state index in [1.54, 1.807) is 6.07 Å². The molecule has 6 nitrogen and oxygen atoms in total. The van der Waals surface area contributed by atoms with Crippen LogP contribution in [-0.2, 0) is 32.0 Å². The monoisotopic (exact) mass is 526 g/mol. The molecule has 3 aromatic rings. The first-order chi connectivity index (χ1) is 17.5. The number of hydrogen-bond donors (Lipinski definition) is 1. The number of halogens is 6. The fourth-order valence-electron chi connectivity index (χ4n) is 4.02. The standard InChI is InChI=1S/C25H24F6N4O2/c26-24(27,28)19-5-1-3-17(11-19)13-32-23(36)21-16-37-22(33-21)15-35-9-7-34(8-10-35)14-18-4-2-6-20(12-18)25(29,30)31/h1-6,11-12,16H,7-10,13-15H2,(H,32,36). The van der Waals surface area contributed by atoms with Gasteiger partial charge in [-0.2, -0.15) is 26.3 Å². The van der Waals surface area contributed by atoms with Crippen molar-refractivity contribution in [3.05, 3.63) is 88.6 Å². The van der Waals surface area contributed by atoms with Crippen LogP contribution in [0.3, 0.4) is 0 Å². The molecule has 2 heterocycles. The maximum absolute atomic E-state index is 12.9. The number of piperazine rings is 1. The van der Waals surface area contributed by atoms with E-state index in [1.165, 1.54) is 30.5 Å². The Morgan fingerprint density at radius 1 is 0.838 bits per heavy atom. The average Bonchev–Trinajstić information content (AvgIpc) is 3.32. The van der Waals surface area contributed by atoms with Crippen LogP contribution in [0, 0.1) is 0 Å². The molecule has 1 aromatic heterocycles. The van der Waals surface area contributed by atoms with Crippen molar-refractivity contribution in [2.75, 3.05) is 26.2 Å². The maximum Gasteiger partial charge on any atom is 0.416 e. The summed E-state index contributed by atoms with van der Waals surface area (Å²) in [6, 6.07) is 9.99. The Kier molecular flexibility index (Phi) is 7.88. The second-order valence-electron chi connectivity index (χ2n) is 8.76. The van der Waals surface area contributed by atoms with Crippen LogP contribution in [0.5, 0.6) is 0 Å². The first kappa shape index (κ1) is 26.7. The lowest BCUT2D eigenvalue weighted by Gasteiger charge is -2.34. The Morgan fingerprint density at radius 3 is 1.97 bits per heavy atom. The lowest BCUT2D eigenvalue weighted by Crippen LogP contribution is -2.45. The smallest absolute Gasteiger partial charge is 0.416 e. The topological polar surface area (TPSA) is 61.6 Å². The molecule has 0 aliphatic carbocycles. The summed E-state index contributed by atoms with van der Waals surface area (Å²) in [5.74, 6) is -0.256. The molecule has 1 N–H and O–H groups in total. The molecule has 1 amide bonds. The van der Waals surface area contributed by atoms with E-state index in [0.29, 0.717) is 56.3 Å². The third-order valence-corrected chi connectivity index (χ3v) is 5.98. The van der Waals surface area contributed by atoms with Crippen molar-refractivity contribution < 1.29 is 35.6 Å². The minimum absolute atomic E-state index is 0.0187. The largest absolute Gasteiger partial charge is 0.447 e. The molecule has 0 atom stereocenters. The quantitative estimate of drug-likeness (QED) is 0.441. The Bertz CT molecular complexity index is 1220. The minimum Gasteiger partial charge on any atom is -0.447 e. The van der Waals surface area contributed by atoms with E-state index < -0.39 is 29.4 Å². The van der Waals surface area contributed by atoms with Crippen molar-refractivity contribution in [1.29, 1.82) is 0 Å². The summed E-state index contributed by atoms with van der Waals surface area (Å²) in [5.41, 5.74) is -0.545. The highest BCUT2D eigenvalue weighted by molar-refractivity contribution is 5.91. The zero-order chi connectivity index (χ0) is 26.6. The predicted molar refractivity (Wildman–Crippen MR) is 121 cm³/mol. The van der Waals surface area contributed by atoms with Crippen molar-refractivity contribution in [1.82, 2.24) is 20.1 Å². The summed E-state index contributed by atoms with van der Waals surface area (Å²) in [4.78, 5) is 20.7. The van der Waals surface area contributed by atoms with E-state index in [0.717, 1.165) is 18.2 Å². The average molecular weight is 526 g/mol. The first-order valence-corrected chi connectivity index (χ1v) is 11.5. The molecule has 4 rings (SSSR count). The van der Waals surface area contributed by atoms with Crippen LogP contribution >= 0.6 is 0 Å². The van der Waals surface area contributed by atoms with Gasteiger partial charge in [0.05, 0.1) is 17.7 Å². The molecule has 0 unspecified atom stereocenters. The second-order valence-corrected chi connectivity index (χ2v) is 8.76. The molecule has 1 aliphatic rings. The molecule has 1 aliphatic heterocycles. The molecular weight excluding hydrogens is 502 g/mol. The molecule has 0 saturated carbocycles. The Morgan fingerprint density at radius 2 is 1.38 bits per heavy atom. The lowest BCUT2D eigenvalue weighted by molar-refractivity contribution is -0.138. The van der Waals surface area contributed by atoms with Gasteiger partial charge in [0.25, 0.3) is 5.91 Å². The van der Waals surface area contributed by atoms with E-state index in [-0.39, 0.29) is 12.2 Å². The Balaban J connectivity index is 1.24. The van der Waals surface area contributed by atoms with Gasteiger partial charge in [-0.25, -0.2) is 4.98 Å². The third kappa shape index (κ3) is 7.32. The first-order valence-electron chi connectivity index (χ1n) is 11.5. The van der Waals surface area contributed by atoms with E-state index in [9.17, 15) is 31.1 Å². The number of oxazole rings is 1. The molecule has 0 radical (unpaired) electrons. The van der Waals surface area contributed by atoms with Crippen LogP contribution in [0.1, 0.15) is 38.6 Å². The molecular formula is C25H24F6N4O2. The van der Waals surface area contributed by atoms with E-state index in [4.69, 9.17) is 4.42 Å². The highest BCUT2D eigenvalue weighted by Gasteiger charge is 2.31. The van der Waals surface area contributed by atoms with Gasteiger partial charge in [-0.05, 0) is 29.3 Å². The molecule has 0 spiro atoms. The number of hydrogen-bond acceptors (Lipinski definition) is 5. The fraction of sp³-hybridized carbons (Fsp3) is 0.360. The van der Waals surface area contributed by atoms with Gasteiger partial charge in [-0.3, -0.25) is 14.6 Å². The Labute approximate surface area is 208 Å². The van der Waals surface area contributed by atoms with Gasteiger partial charge in [0.2, 0.25) is 5.89 Å². The molecule has 12 heteroatoms. The van der Waals surface area contributed by atoms with Crippen LogP contribution in [0.2, 0.25) is 0 Å². The number of alkyl halides is 6. The number of nitrogens with one attached hydrogen (secondary N) is 1. The fourth-order valence-corrected chi connectivity index (χ4v) is 4.02. The SMILES string of the molecule is O=C(NCc1cccc(C(F)(F)F)c1)c1coc(CN2CCN(Cc3cccc(C(F)(F)F)c3)CC2)n1. The highest BCUT2D eigenvalue weighted by atomic mass is 19.4. The van der Waals surface area contributed by atoms with Gasteiger partial charge in [0.15, 0.2) is 5.69 Å². The lowest BCUT2D eigenvalue weighted by atomic mass is 10.1. The summed E-state index contributed by atoms with van der Waals surface area (Å²) in [6.45, 7) is 3.21. The molecule has 198 valence electrons. The number of nitrogens with zero attached hydrogens (tertiary/aromatic N) is 3. The highest BCUT2D eigenvalue weighted by Crippen LogP contribution is 2.30. The number of rotatable bonds is 7. The second kappa shape index (κ2) is 10.9. The molecule has 1 saturated heterocycles. The summed E-state index contributed by atoms with van der Waals surface area (Å²) < 4.78 is 82.7. The molecule has 0 bridgehead atoms. The number of aromatic nitrogens is 1. The summed E-state index contributed by atoms with van der Waals surface area (Å²) in [5, 5.41) is 2.53. The van der Waals surface area contributed by atoms with Gasteiger partial charge in [-0.15, -0.1) is 0 Å². The predicted octanol–water partition coefficient (Wildman–Crippen LogP) is 4.96. The van der Waals surface area contributed by atoms with Crippen molar-refractivity contribution in [2.45, 2.75) is 32.0 Å². The molecule has 1 fully saturated rings. The van der Waals surface area contributed by atoms with Gasteiger partial charge >= 0.3 is 12.4 Å². The van der Waals surface area contributed by atoms with Crippen LogP contribution in [0.4, 0.5) is 26.3 Å². The van der Waals surface area contributed by atoms with Crippen molar-refractivity contribution in [2.24, 2.45) is 0 Å². The van der Waals surface area contributed by atoms with Crippen molar-refractivity contribution in [3.8, 4) is 0 Å². The van der Waals surface area contributed by atoms with Crippen LogP contribution in [-0.4, -0.2) is 46.9 Å². The van der Waals surface area contributed by atoms with Gasteiger partial charge in [-0.1, -0.05) is 30.3 Å². The summed E-state index contributed by atoms with van der Waals surface area (Å²) in [6.07, 6.45) is -7.65. The van der Waals surface area contributed by atoms with Gasteiger partial charge in [0.1, 0.15) is 6.26 Å². The van der Waals surface area contributed by atoms with Gasteiger partial charge in [0, 0.05) is 39.3 Å². The number of amides is 1. The minimum atomic E-state index is -4.47. The summed E-state index contributed by atoms with van der Waals surface area (Å²) in [7, 11) is 0. The van der Waals surface area contributed by atoms with E-state index >= 15 is 0 Å². The number of carbonyl (C=O) groups excluding carboxylic acids is 1. The van der Waals surface area contributed by atoms with E-state index in [1.807, 2.05) is 0 Å². The zero-order valence-electron chi connectivity index (χ0n) is 19.6. The summed E-state index contributed by atoms with van der Waals surface area (Å²) >= 11 is 0. The third-order valence-electron chi connectivity index (χ3n) is 5.98. The van der Waals surface area contributed by atoms with Gasteiger partial charge < -0.3 is 9.73 Å². The maximum atomic E-state index is 12.9. The molecule has 37 heavy (non-hydrogen) atoms. The van der Waals surface area contributed by atoms with Crippen molar-refractivity contribution in [3.63, 3.8) is 0 Å². The van der Waals surface area contributed by atoms with Crippen molar-refractivity contribution >= 4 is 5.91 Å².